The average Bonchev–Trinajstić information content (AvgIpc) is 2.91. The standard InChI is InChI=1S/C14H19NO4/c15-13(7-10-1-3-12(16)4-2-10)14(17)19-9-11-5-6-18-8-11/h1-4,11,13,16H,5-9,15H2/t11?,13-/m0/s1. The summed E-state index contributed by atoms with van der Waals surface area (Å²) in [6, 6.07) is 5.96. The maximum absolute atomic E-state index is 11.7. The van der Waals surface area contributed by atoms with Crippen molar-refractivity contribution < 1.29 is 19.4 Å². The number of benzene rings is 1. The highest BCUT2D eigenvalue weighted by atomic mass is 16.5. The molecular weight excluding hydrogens is 246 g/mol. The van der Waals surface area contributed by atoms with Crippen LogP contribution in [0.25, 0.3) is 0 Å². The molecule has 5 nitrogen and oxygen atoms in total. The minimum Gasteiger partial charge on any atom is -0.508 e. The van der Waals surface area contributed by atoms with Gasteiger partial charge in [0.2, 0.25) is 0 Å². The summed E-state index contributed by atoms with van der Waals surface area (Å²) in [7, 11) is 0. The fourth-order valence-electron chi connectivity index (χ4n) is 1.99. The van der Waals surface area contributed by atoms with E-state index in [1.807, 2.05) is 0 Å². The molecule has 1 aliphatic heterocycles. The number of nitrogens with two attached hydrogens (primary N) is 1. The molecule has 1 aromatic carbocycles. The molecule has 2 atom stereocenters. The van der Waals surface area contributed by atoms with Crippen LogP contribution < -0.4 is 5.73 Å². The Morgan fingerprint density at radius 1 is 1.47 bits per heavy atom. The number of rotatable bonds is 5. The van der Waals surface area contributed by atoms with Crippen LogP contribution in [0.2, 0.25) is 0 Å². The lowest BCUT2D eigenvalue weighted by molar-refractivity contribution is -0.146. The Hall–Kier alpha value is -1.59. The van der Waals surface area contributed by atoms with Gasteiger partial charge in [-0.15, -0.1) is 0 Å². The highest BCUT2D eigenvalue weighted by Gasteiger charge is 2.20. The normalized spacial score (nSPS) is 20.2. The first-order valence-electron chi connectivity index (χ1n) is 6.43. The van der Waals surface area contributed by atoms with Crippen molar-refractivity contribution in [1.82, 2.24) is 0 Å². The molecule has 1 unspecified atom stereocenters. The fourth-order valence-corrected chi connectivity index (χ4v) is 1.99. The molecule has 19 heavy (non-hydrogen) atoms. The lowest BCUT2D eigenvalue weighted by Crippen LogP contribution is -2.35. The van der Waals surface area contributed by atoms with Gasteiger partial charge in [-0.1, -0.05) is 12.1 Å². The van der Waals surface area contributed by atoms with E-state index in [1.54, 1.807) is 24.3 Å². The molecule has 0 spiro atoms. The minimum atomic E-state index is -0.674. The van der Waals surface area contributed by atoms with Crippen LogP contribution >= 0.6 is 0 Å². The zero-order valence-corrected chi connectivity index (χ0v) is 10.7. The van der Waals surface area contributed by atoms with Gasteiger partial charge in [0.25, 0.3) is 0 Å². The van der Waals surface area contributed by atoms with Crippen LogP contribution in [0.1, 0.15) is 12.0 Å². The summed E-state index contributed by atoms with van der Waals surface area (Å²) in [4.78, 5) is 11.7. The summed E-state index contributed by atoms with van der Waals surface area (Å²) >= 11 is 0. The minimum absolute atomic E-state index is 0.195. The van der Waals surface area contributed by atoms with Gasteiger partial charge in [-0.3, -0.25) is 4.79 Å². The van der Waals surface area contributed by atoms with Crippen molar-refractivity contribution in [3.8, 4) is 5.75 Å². The molecule has 1 fully saturated rings. The Kier molecular flexibility index (Phi) is 4.76. The van der Waals surface area contributed by atoms with Gasteiger partial charge in [-0.2, -0.15) is 0 Å². The van der Waals surface area contributed by atoms with Crippen LogP contribution in [0, 0.1) is 5.92 Å². The van der Waals surface area contributed by atoms with Crippen LogP contribution in [0.4, 0.5) is 0 Å². The molecule has 0 saturated carbocycles. The largest absolute Gasteiger partial charge is 0.508 e. The maximum atomic E-state index is 11.7. The molecule has 1 aliphatic rings. The molecule has 1 heterocycles. The molecule has 0 bridgehead atoms. The molecule has 2 rings (SSSR count). The van der Waals surface area contributed by atoms with Gasteiger partial charge in [0.15, 0.2) is 0 Å². The Morgan fingerprint density at radius 2 is 2.21 bits per heavy atom. The molecule has 0 amide bonds. The predicted molar refractivity (Wildman–Crippen MR) is 69.7 cm³/mol. The summed E-state index contributed by atoms with van der Waals surface area (Å²) in [5.41, 5.74) is 6.70. The van der Waals surface area contributed by atoms with Crippen molar-refractivity contribution in [3.63, 3.8) is 0 Å². The molecule has 104 valence electrons. The van der Waals surface area contributed by atoms with Gasteiger partial charge < -0.3 is 20.3 Å². The number of esters is 1. The summed E-state index contributed by atoms with van der Waals surface area (Å²) < 4.78 is 10.4. The van der Waals surface area contributed by atoms with Gasteiger partial charge in [-0.05, 0) is 30.5 Å². The number of aromatic hydroxyl groups is 1. The second-order valence-corrected chi connectivity index (χ2v) is 4.84. The van der Waals surface area contributed by atoms with E-state index in [9.17, 15) is 9.90 Å². The second-order valence-electron chi connectivity index (χ2n) is 4.84. The fraction of sp³-hybridized carbons (Fsp3) is 0.500. The third-order valence-corrected chi connectivity index (χ3v) is 3.18. The molecule has 0 aliphatic carbocycles. The SMILES string of the molecule is N[C@@H](Cc1ccc(O)cc1)C(=O)OCC1CCOC1. The van der Waals surface area contributed by atoms with Gasteiger partial charge >= 0.3 is 5.97 Å². The molecule has 0 radical (unpaired) electrons. The molecule has 0 aromatic heterocycles. The van der Waals surface area contributed by atoms with E-state index in [0.29, 0.717) is 25.6 Å². The van der Waals surface area contributed by atoms with Gasteiger partial charge in [0.1, 0.15) is 11.8 Å². The monoisotopic (exact) mass is 265 g/mol. The number of phenolic OH excluding ortho intramolecular Hbond substituents is 1. The Labute approximate surface area is 112 Å². The van der Waals surface area contributed by atoms with E-state index in [0.717, 1.165) is 18.6 Å². The van der Waals surface area contributed by atoms with Crippen molar-refractivity contribution in [2.24, 2.45) is 11.7 Å². The van der Waals surface area contributed by atoms with E-state index in [4.69, 9.17) is 15.2 Å². The third kappa shape index (κ3) is 4.22. The predicted octanol–water partition coefficient (Wildman–Crippen LogP) is 0.842. The van der Waals surface area contributed by atoms with Crippen molar-refractivity contribution >= 4 is 5.97 Å². The zero-order valence-electron chi connectivity index (χ0n) is 10.7. The molecule has 3 N–H and O–H groups in total. The number of phenols is 1. The average molecular weight is 265 g/mol. The number of hydrogen-bond donors (Lipinski definition) is 2. The van der Waals surface area contributed by atoms with Crippen molar-refractivity contribution in [3.05, 3.63) is 29.8 Å². The Morgan fingerprint density at radius 3 is 2.84 bits per heavy atom. The van der Waals surface area contributed by atoms with E-state index in [-0.39, 0.29) is 11.7 Å². The van der Waals surface area contributed by atoms with Crippen molar-refractivity contribution in [2.75, 3.05) is 19.8 Å². The molecular formula is C14H19NO4. The maximum Gasteiger partial charge on any atom is 0.323 e. The quantitative estimate of drug-likeness (QED) is 0.771. The van der Waals surface area contributed by atoms with Gasteiger partial charge in [-0.25, -0.2) is 0 Å². The summed E-state index contributed by atoms with van der Waals surface area (Å²) in [5.74, 6) is 0.103. The Bertz CT molecular complexity index is 412. The number of ether oxygens (including phenoxy) is 2. The van der Waals surface area contributed by atoms with E-state index < -0.39 is 6.04 Å². The summed E-state index contributed by atoms with van der Waals surface area (Å²) in [5, 5.41) is 9.17. The van der Waals surface area contributed by atoms with Crippen LogP contribution in [-0.2, 0) is 20.7 Å². The highest BCUT2D eigenvalue weighted by Crippen LogP contribution is 2.14. The smallest absolute Gasteiger partial charge is 0.323 e. The first-order chi connectivity index (χ1) is 9.15. The molecule has 1 saturated heterocycles. The van der Waals surface area contributed by atoms with Crippen molar-refractivity contribution in [1.29, 1.82) is 0 Å². The number of carbonyl (C=O) groups excluding carboxylic acids is 1. The summed E-state index contributed by atoms with van der Waals surface area (Å²) in [6.45, 7) is 1.77. The number of hydrogen-bond acceptors (Lipinski definition) is 5. The molecule has 5 heteroatoms. The first kappa shape index (κ1) is 13.8. The van der Waals surface area contributed by atoms with Crippen LogP contribution in [0.5, 0.6) is 5.75 Å². The zero-order chi connectivity index (χ0) is 13.7. The topological polar surface area (TPSA) is 81.8 Å². The third-order valence-electron chi connectivity index (χ3n) is 3.18. The van der Waals surface area contributed by atoms with Crippen molar-refractivity contribution in [2.45, 2.75) is 18.9 Å². The van der Waals surface area contributed by atoms with E-state index >= 15 is 0 Å². The van der Waals surface area contributed by atoms with E-state index in [2.05, 4.69) is 0 Å². The van der Waals surface area contributed by atoms with E-state index in [1.165, 1.54) is 0 Å². The molecule has 1 aromatic rings. The first-order valence-corrected chi connectivity index (χ1v) is 6.43. The second kappa shape index (κ2) is 6.54. The van der Waals surface area contributed by atoms with Gasteiger partial charge in [0, 0.05) is 12.5 Å². The lowest BCUT2D eigenvalue weighted by Gasteiger charge is -2.13. The van der Waals surface area contributed by atoms with Gasteiger partial charge in [0.05, 0.1) is 13.2 Å². The lowest BCUT2D eigenvalue weighted by atomic mass is 10.1. The highest BCUT2D eigenvalue weighted by molar-refractivity contribution is 5.75. The van der Waals surface area contributed by atoms with Crippen LogP contribution in [-0.4, -0.2) is 36.9 Å². The van der Waals surface area contributed by atoms with Crippen LogP contribution in [0.3, 0.4) is 0 Å². The number of carbonyl (C=O) groups is 1. The summed E-state index contributed by atoms with van der Waals surface area (Å²) in [6.07, 6.45) is 1.33. The Balaban J connectivity index is 1.76. The van der Waals surface area contributed by atoms with Crippen LogP contribution in [0.15, 0.2) is 24.3 Å².